The number of fused-ring (bicyclic) bond motifs is 2. The van der Waals surface area contributed by atoms with Gasteiger partial charge in [-0.2, -0.15) is 5.10 Å². The van der Waals surface area contributed by atoms with Crippen LogP contribution in [-0.4, -0.2) is 50.9 Å². The zero-order chi connectivity index (χ0) is 15.9. The van der Waals surface area contributed by atoms with Gasteiger partial charge in [-0.1, -0.05) is 6.07 Å². The summed E-state index contributed by atoms with van der Waals surface area (Å²) in [4.78, 5) is 14.5. The van der Waals surface area contributed by atoms with E-state index >= 15 is 0 Å². The van der Waals surface area contributed by atoms with Crippen LogP contribution in [0.25, 0.3) is 27.7 Å². The maximum atomic E-state index is 5.47. The molecule has 4 aromatic rings. The van der Waals surface area contributed by atoms with Gasteiger partial charge in [0.1, 0.15) is 17.8 Å². The number of hydrogen-bond acceptors (Lipinski definition) is 5. The lowest BCUT2D eigenvalue weighted by atomic mass is 10.1. The Balaban J connectivity index is 1.74. The molecule has 0 bridgehead atoms. The van der Waals surface area contributed by atoms with Gasteiger partial charge >= 0.3 is 0 Å². The highest BCUT2D eigenvalue weighted by atomic mass is 16.5. The van der Waals surface area contributed by atoms with Crippen molar-refractivity contribution in [1.29, 1.82) is 0 Å². The van der Waals surface area contributed by atoms with Gasteiger partial charge in [-0.3, -0.25) is 0 Å². The van der Waals surface area contributed by atoms with Crippen molar-refractivity contribution in [2.45, 2.75) is 0 Å². The van der Waals surface area contributed by atoms with Gasteiger partial charge in [-0.25, -0.2) is 14.5 Å². The predicted octanol–water partition coefficient (Wildman–Crippen LogP) is 2.11. The highest BCUT2D eigenvalue weighted by Gasteiger charge is 2.21. The molecular formula is C17H16N6O. The molecule has 0 amide bonds. The minimum absolute atomic E-state index is 0.724. The second-order valence-electron chi connectivity index (χ2n) is 5.81. The minimum atomic E-state index is 0.724. The van der Waals surface area contributed by atoms with Gasteiger partial charge < -0.3 is 14.6 Å². The summed E-state index contributed by atoms with van der Waals surface area (Å²) < 4.78 is 7.35. The third-order valence-electron chi connectivity index (χ3n) is 4.48. The van der Waals surface area contributed by atoms with E-state index in [2.05, 4.69) is 31.0 Å². The molecule has 0 unspecified atom stereocenters. The molecule has 5 rings (SSSR count). The fraction of sp³-hybridized carbons (Fsp3) is 0.235. The van der Waals surface area contributed by atoms with Crippen LogP contribution < -0.4 is 4.90 Å². The Kier molecular flexibility index (Phi) is 2.99. The molecule has 5 heterocycles. The van der Waals surface area contributed by atoms with Gasteiger partial charge in [-0.05, 0) is 12.1 Å². The van der Waals surface area contributed by atoms with E-state index in [1.54, 1.807) is 6.33 Å². The van der Waals surface area contributed by atoms with Gasteiger partial charge in [0.15, 0.2) is 0 Å². The standard InChI is InChI=1S/C17H16N6O/c1-2-4-23-14(3-1)12(10-21-23)13-9-18-16-15(13)17(20-11-19-16)22-5-7-24-8-6-22/h1-4,9-11H,5-8H2,(H,18,19,20). The van der Waals surface area contributed by atoms with Gasteiger partial charge in [0.05, 0.1) is 30.3 Å². The van der Waals surface area contributed by atoms with Crippen LogP contribution in [0.2, 0.25) is 0 Å². The summed E-state index contributed by atoms with van der Waals surface area (Å²) in [6.45, 7) is 3.13. The van der Waals surface area contributed by atoms with Crippen molar-refractivity contribution < 1.29 is 4.74 Å². The van der Waals surface area contributed by atoms with E-state index in [1.807, 2.05) is 35.2 Å². The molecule has 7 nitrogen and oxygen atoms in total. The molecule has 4 aromatic heterocycles. The number of ether oxygens (including phenoxy) is 1. The third kappa shape index (κ3) is 1.98. The van der Waals surface area contributed by atoms with Crippen molar-refractivity contribution >= 4 is 22.4 Å². The molecule has 1 aliphatic heterocycles. The average molecular weight is 320 g/mol. The van der Waals surface area contributed by atoms with Crippen LogP contribution in [0.5, 0.6) is 0 Å². The van der Waals surface area contributed by atoms with Crippen LogP contribution in [0, 0.1) is 0 Å². The van der Waals surface area contributed by atoms with Crippen LogP contribution in [0.1, 0.15) is 0 Å². The number of nitrogens with one attached hydrogen (secondary N) is 1. The summed E-state index contributed by atoms with van der Waals surface area (Å²) in [5, 5.41) is 5.49. The largest absolute Gasteiger partial charge is 0.378 e. The predicted molar refractivity (Wildman–Crippen MR) is 91.1 cm³/mol. The summed E-state index contributed by atoms with van der Waals surface area (Å²) in [5.74, 6) is 0.954. The number of H-pyrrole nitrogens is 1. The molecule has 1 N–H and O–H groups in total. The fourth-order valence-electron chi connectivity index (χ4n) is 3.32. The normalized spacial score (nSPS) is 15.4. The van der Waals surface area contributed by atoms with E-state index in [-0.39, 0.29) is 0 Å². The number of aromatic amines is 1. The summed E-state index contributed by atoms with van der Waals surface area (Å²) in [6, 6.07) is 6.06. The highest BCUT2D eigenvalue weighted by molar-refractivity contribution is 6.04. The Bertz CT molecular complexity index is 1010. The summed E-state index contributed by atoms with van der Waals surface area (Å²) in [5.41, 5.74) is 4.06. The molecule has 0 saturated carbocycles. The third-order valence-corrected chi connectivity index (χ3v) is 4.48. The van der Waals surface area contributed by atoms with Crippen molar-refractivity contribution in [2.75, 3.05) is 31.2 Å². The summed E-state index contributed by atoms with van der Waals surface area (Å²) in [6.07, 6.45) is 7.46. The van der Waals surface area contributed by atoms with E-state index in [0.717, 1.165) is 59.8 Å². The van der Waals surface area contributed by atoms with E-state index < -0.39 is 0 Å². The lowest BCUT2D eigenvalue weighted by Gasteiger charge is -2.28. The van der Waals surface area contributed by atoms with E-state index in [1.165, 1.54) is 0 Å². The molecule has 0 spiro atoms. The Morgan fingerprint density at radius 1 is 1.08 bits per heavy atom. The smallest absolute Gasteiger partial charge is 0.143 e. The quantitative estimate of drug-likeness (QED) is 0.612. The Labute approximate surface area is 137 Å². The highest BCUT2D eigenvalue weighted by Crippen LogP contribution is 2.35. The van der Waals surface area contributed by atoms with E-state index in [9.17, 15) is 0 Å². The molecule has 1 fully saturated rings. The molecule has 1 saturated heterocycles. The van der Waals surface area contributed by atoms with Gasteiger partial charge in [0, 0.05) is 36.6 Å². The molecule has 0 aromatic carbocycles. The van der Waals surface area contributed by atoms with Crippen molar-refractivity contribution in [3.05, 3.63) is 43.1 Å². The number of rotatable bonds is 2. The number of nitrogens with zero attached hydrogens (tertiary/aromatic N) is 5. The first-order valence-electron chi connectivity index (χ1n) is 7.99. The molecule has 24 heavy (non-hydrogen) atoms. The topological polar surface area (TPSA) is 71.3 Å². The number of hydrogen-bond donors (Lipinski definition) is 1. The maximum absolute atomic E-state index is 5.47. The van der Waals surface area contributed by atoms with Crippen molar-refractivity contribution in [1.82, 2.24) is 24.6 Å². The van der Waals surface area contributed by atoms with Crippen LogP contribution in [0.15, 0.2) is 43.1 Å². The number of morpholine rings is 1. The first kappa shape index (κ1) is 13.5. The molecule has 0 atom stereocenters. The second kappa shape index (κ2) is 5.31. The summed E-state index contributed by atoms with van der Waals surface area (Å²) in [7, 11) is 0. The molecule has 0 radical (unpaired) electrons. The zero-order valence-corrected chi connectivity index (χ0v) is 13.0. The fourth-order valence-corrected chi connectivity index (χ4v) is 3.32. The van der Waals surface area contributed by atoms with Gasteiger partial charge in [0.2, 0.25) is 0 Å². The first-order chi connectivity index (χ1) is 11.9. The number of aromatic nitrogens is 5. The number of pyridine rings is 1. The Morgan fingerprint density at radius 2 is 2.00 bits per heavy atom. The van der Waals surface area contributed by atoms with E-state index in [0.29, 0.717) is 0 Å². The van der Waals surface area contributed by atoms with Crippen molar-refractivity contribution in [3.63, 3.8) is 0 Å². The maximum Gasteiger partial charge on any atom is 0.143 e. The number of anilines is 1. The average Bonchev–Trinajstić information content (AvgIpc) is 3.26. The lowest BCUT2D eigenvalue weighted by molar-refractivity contribution is 0.122. The minimum Gasteiger partial charge on any atom is -0.378 e. The molecular weight excluding hydrogens is 304 g/mol. The van der Waals surface area contributed by atoms with Crippen molar-refractivity contribution in [2.24, 2.45) is 0 Å². The zero-order valence-electron chi connectivity index (χ0n) is 13.0. The Hall–Kier alpha value is -2.93. The second-order valence-corrected chi connectivity index (χ2v) is 5.81. The van der Waals surface area contributed by atoms with Crippen molar-refractivity contribution in [3.8, 4) is 11.1 Å². The SMILES string of the molecule is c1ccn2ncc(-c3c[nH]c4ncnc(N5CCOCC5)c34)c2c1. The summed E-state index contributed by atoms with van der Waals surface area (Å²) >= 11 is 0. The first-order valence-corrected chi connectivity index (χ1v) is 7.99. The van der Waals surface area contributed by atoms with Crippen LogP contribution in [0.4, 0.5) is 5.82 Å². The molecule has 1 aliphatic rings. The monoisotopic (exact) mass is 320 g/mol. The molecule has 120 valence electrons. The molecule has 7 heteroatoms. The van der Waals surface area contributed by atoms with Gasteiger partial charge in [0.25, 0.3) is 0 Å². The van der Waals surface area contributed by atoms with Crippen LogP contribution >= 0.6 is 0 Å². The van der Waals surface area contributed by atoms with Gasteiger partial charge in [-0.15, -0.1) is 0 Å². The molecule has 0 aliphatic carbocycles. The van der Waals surface area contributed by atoms with Crippen LogP contribution in [-0.2, 0) is 4.74 Å². The lowest BCUT2D eigenvalue weighted by Crippen LogP contribution is -2.36. The Morgan fingerprint density at radius 3 is 2.92 bits per heavy atom. The van der Waals surface area contributed by atoms with E-state index in [4.69, 9.17) is 4.74 Å². The van der Waals surface area contributed by atoms with Crippen LogP contribution in [0.3, 0.4) is 0 Å².